The fraction of sp³-hybridized carbons (Fsp3) is 0.289. The number of benzene rings is 5. The van der Waals surface area contributed by atoms with Crippen LogP contribution in [-0.4, -0.2) is 114 Å². The predicted octanol–water partition coefficient (Wildman–Crippen LogP) is 7.23. The number of sulfonamides is 1. The molecule has 1 fully saturated rings. The third-order valence-electron chi connectivity index (χ3n) is 10.8. The highest BCUT2D eigenvalue weighted by Gasteiger charge is 2.25. The summed E-state index contributed by atoms with van der Waals surface area (Å²) in [5, 5.41) is 35.9. The van der Waals surface area contributed by atoms with E-state index in [0.717, 1.165) is 54.9 Å². The van der Waals surface area contributed by atoms with Crippen molar-refractivity contribution in [2.75, 3.05) is 79.7 Å². The minimum absolute atomic E-state index is 0.0592. The van der Waals surface area contributed by atoms with Gasteiger partial charge in [0.05, 0.1) is 28.5 Å². The van der Waals surface area contributed by atoms with Crippen molar-refractivity contribution in [3.63, 3.8) is 0 Å². The first-order valence-electron chi connectivity index (χ1n) is 20.4. The van der Waals surface area contributed by atoms with Crippen molar-refractivity contribution in [3.8, 4) is 11.1 Å². The second kappa shape index (κ2) is 21.2. The van der Waals surface area contributed by atoms with Gasteiger partial charge in [-0.1, -0.05) is 66.2 Å². The summed E-state index contributed by atoms with van der Waals surface area (Å²) in [5.41, 5.74) is 4.85. The molecule has 6 aromatic rings. The molecule has 0 bridgehead atoms. The lowest BCUT2D eigenvalue weighted by atomic mass is 9.99. The van der Waals surface area contributed by atoms with Crippen LogP contribution in [0.4, 0.5) is 22.9 Å². The van der Waals surface area contributed by atoms with Gasteiger partial charge in [0.25, 0.3) is 15.7 Å². The molecule has 62 heavy (non-hydrogen) atoms. The molecule has 324 valence electrons. The zero-order valence-electron chi connectivity index (χ0n) is 34.0. The van der Waals surface area contributed by atoms with Crippen LogP contribution in [0.3, 0.4) is 0 Å². The number of thioether (sulfide) groups is 1. The Balaban J connectivity index is 1.03. The van der Waals surface area contributed by atoms with Gasteiger partial charge in [0.15, 0.2) is 5.82 Å². The highest BCUT2D eigenvalue weighted by Crippen LogP contribution is 2.33. The molecule has 1 atom stereocenters. The summed E-state index contributed by atoms with van der Waals surface area (Å²) in [6.07, 6.45) is 1.84. The smallest absolute Gasteiger partial charge is 0.293 e. The molecule has 0 saturated carbocycles. The molecule has 14 nitrogen and oxygen atoms in total. The molecule has 1 saturated heterocycles. The normalized spacial score (nSPS) is 14.0. The Hall–Kier alpha value is -5.33. The van der Waals surface area contributed by atoms with Crippen molar-refractivity contribution in [2.45, 2.75) is 28.8 Å². The second-order valence-corrected chi connectivity index (χ2v) is 18.1. The monoisotopic (exact) mass is 896 g/mol. The lowest BCUT2D eigenvalue weighted by Gasteiger charge is -2.36. The van der Waals surface area contributed by atoms with E-state index in [9.17, 15) is 28.7 Å². The number of aliphatic hydroxyl groups excluding tert-OH is 2. The maximum absolute atomic E-state index is 13.8. The quantitative estimate of drug-likeness (QED) is 0.0343. The topological polar surface area (TPSA) is 177 Å². The fourth-order valence-corrected chi connectivity index (χ4v) is 9.69. The third kappa shape index (κ3) is 11.6. The largest absolute Gasteiger partial charge is 0.395 e. The number of nitrogens with one attached hydrogen (secondary N) is 2. The molecule has 4 N–H and O–H groups in total. The molecular weight excluding hydrogens is 848 g/mol. The van der Waals surface area contributed by atoms with E-state index in [-0.39, 0.29) is 35.7 Å². The van der Waals surface area contributed by atoms with E-state index in [1.165, 1.54) is 29.6 Å². The van der Waals surface area contributed by atoms with Gasteiger partial charge in [-0.05, 0) is 77.7 Å². The van der Waals surface area contributed by atoms with Gasteiger partial charge in [-0.15, -0.1) is 11.8 Å². The number of hydrogen-bond donors (Lipinski definition) is 4. The standard InChI is InChI=1S/C45H49ClN8O6S2/c46-35-12-10-33(11-13-35)40-9-5-4-6-34(40)30-52-20-22-53(23-21-52)37-14-16-41-43(28-37)47-32-48-45(41)50-62(59,60)39-15-17-42(44(29-39)54(57)58)49-36(18-19-51(24-26-55)25-27-56)31-61-38-7-2-1-3-8-38/h1-17,28-29,32,36,49,55-56H,18-27,30-31H2,(H,47,48,50). The second-order valence-electron chi connectivity index (χ2n) is 14.9. The molecule has 0 radical (unpaired) electrons. The average molecular weight is 898 g/mol. The minimum Gasteiger partial charge on any atom is -0.395 e. The lowest BCUT2D eigenvalue weighted by Crippen LogP contribution is -2.46. The summed E-state index contributed by atoms with van der Waals surface area (Å²) >= 11 is 7.73. The Morgan fingerprint density at radius 1 is 0.855 bits per heavy atom. The van der Waals surface area contributed by atoms with Crippen LogP contribution in [-0.2, 0) is 16.6 Å². The molecule has 0 spiro atoms. The van der Waals surface area contributed by atoms with E-state index in [2.05, 4.69) is 54.1 Å². The van der Waals surface area contributed by atoms with Crippen molar-refractivity contribution in [2.24, 2.45) is 0 Å². The van der Waals surface area contributed by atoms with Crippen molar-refractivity contribution < 1.29 is 23.6 Å². The van der Waals surface area contributed by atoms with Crippen LogP contribution in [0.2, 0.25) is 5.02 Å². The van der Waals surface area contributed by atoms with Gasteiger partial charge in [0, 0.05) is 91.2 Å². The Morgan fingerprint density at radius 2 is 1.58 bits per heavy atom. The van der Waals surface area contributed by atoms with Gasteiger partial charge in [0.2, 0.25) is 0 Å². The number of aliphatic hydroxyl groups is 2. The summed E-state index contributed by atoms with van der Waals surface area (Å²) in [4.78, 5) is 27.9. The number of fused-ring (bicyclic) bond motifs is 1. The molecular formula is C45H49ClN8O6S2. The van der Waals surface area contributed by atoms with Crippen LogP contribution in [0, 0.1) is 10.1 Å². The van der Waals surface area contributed by atoms with Crippen molar-refractivity contribution in [3.05, 3.63) is 142 Å². The Kier molecular flexibility index (Phi) is 15.3. The van der Waals surface area contributed by atoms with Crippen LogP contribution in [0.5, 0.6) is 0 Å². The zero-order chi connectivity index (χ0) is 43.5. The van der Waals surface area contributed by atoms with Crippen LogP contribution < -0.4 is 14.9 Å². The molecule has 5 aromatic carbocycles. The molecule has 2 heterocycles. The number of anilines is 3. The number of aromatic nitrogens is 2. The van der Waals surface area contributed by atoms with Crippen molar-refractivity contribution in [1.29, 1.82) is 0 Å². The highest BCUT2D eigenvalue weighted by molar-refractivity contribution is 7.99. The molecule has 17 heteroatoms. The van der Waals surface area contributed by atoms with E-state index in [0.29, 0.717) is 47.7 Å². The highest BCUT2D eigenvalue weighted by atomic mass is 35.5. The fourth-order valence-electron chi connectivity index (χ4n) is 7.52. The van der Waals surface area contributed by atoms with Crippen molar-refractivity contribution in [1.82, 2.24) is 19.8 Å². The summed E-state index contributed by atoms with van der Waals surface area (Å²) < 4.78 is 30.2. The van der Waals surface area contributed by atoms with Gasteiger partial charge >= 0.3 is 0 Å². The molecule has 1 unspecified atom stereocenters. The number of nitro benzene ring substituents is 1. The molecule has 1 aliphatic heterocycles. The van der Waals surface area contributed by atoms with Crippen LogP contribution in [0.25, 0.3) is 22.0 Å². The van der Waals surface area contributed by atoms with Crippen molar-refractivity contribution >= 4 is 67.2 Å². The van der Waals surface area contributed by atoms with Crippen LogP contribution in [0.15, 0.2) is 131 Å². The molecule has 0 aliphatic carbocycles. The van der Waals surface area contributed by atoms with Gasteiger partial charge in [-0.3, -0.25) is 24.6 Å². The van der Waals surface area contributed by atoms with Gasteiger partial charge in [-0.2, -0.15) is 0 Å². The number of nitrogens with zero attached hydrogens (tertiary/aromatic N) is 6. The SMILES string of the molecule is O=[N+]([O-])c1cc(S(=O)(=O)Nc2ncnc3cc(N4CCN(Cc5ccccc5-c5ccc(Cl)cc5)CC4)ccc23)ccc1NC(CCN(CCO)CCO)CSc1ccccc1. The Morgan fingerprint density at radius 3 is 2.31 bits per heavy atom. The van der Waals surface area contributed by atoms with Crippen LogP contribution in [0.1, 0.15) is 12.0 Å². The third-order valence-corrected chi connectivity index (χ3v) is 13.6. The summed E-state index contributed by atoms with van der Waals surface area (Å²) in [7, 11) is -4.32. The Bertz CT molecular complexity index is 2540. The first kappa shape index (κ1) is 44.7. The van der Waals surface area contributed by atoms with Crippen LogP contribution >= 0.6 is 23.4 Å². The maximum atomic E-state index is 13.8. The maximum Gasteiger partial charge on any atom is 0.293 e. The molecule has 7 rings (SSSR count). The number of piperazine rings is 1. The van der Waals surface area contributed by atoms with E-state index in [1.54, 1.807) is 17.8 Å². The number of rotatable bonds is 20. The van der Waals surface area contributed by atoms with E-state index >= 15 is 0 Å². The molecule has 1 aliphatic rings. The van der Waals surface area contributed by atoms with E-state index in [4.69, 9.17) is 11.6 Å². The predicted molar refractivity (Wildman–Crippen MR) is 248 cm³/mol. The van der Waals surface area contributed by atoms with E-state index in [1.807, 2.05) is 71.6 Å². The number of nitro groups is 1. The van der Waals surface area contributed by atoms with Gasteiger partial charge < -0.3 is 20.4 Å². The first-order valence-corrected chi connectivity index (χ1v) is 23.2. The Labute approximate surface area is 370 Å². The first-order chi connectivity index (χ1) is 30.1. The number of halogens is 1. The summed E-state index contributed by atoms with van der Waals surface area (Å²) in [6, 6.07) is 35.3. The average Bonchev–Trinajstić information content (AvgIpc) is 3.28. The minimum atomic E-state index is -4.32. The molecule has 0 amide bonds. The molecule has 1 aromatic heterocycles. The zero-order valence-corrected chi connectivity index (χ0v) is 36.4. The van der Waals surface area contributed by atoms with E-state index < -0.39 is 20.6 Å². The number of hydrogen-bond acceptors (Lipinski definition) is 13. The lowest BCUT2D eigenvalue weighted by molar-refractivity contribution is -0.384. The van der Waals surface area contributed by atoms with Gasteiger partial charge in [0.1, 0.15) is 12.0 Å². The summed E-state index contributed by atoms with van der Waals surface area (Å²) in [5.74, 6) is 0.609. The van der Waals surface area contributed by atoms with Gasteiger partial charge in [-0.25, -0.2) is 18.4 Å². The summed E-state index contributed by atoms with van der Waals surface area (Å²) in [6.45, 7) is 5.24.